The number of nitrogens with zero attached hydrogens (tertiary/aromatic N) is 2. The third-order valence-corrected chi connectivity index (χ3v) is 3.66. The zero-order valence-corrected chi connectivity index (χ0v) is 14.4. The molecule has 1 aromatic heterocycles. The maximum atomic E-state index is 13.0. The van der Waals surface area contributed by atoms with Gasteiger partial charge in [-0.15, -0.1) is 11.6 Å². The Balaban J connectivity index is 2.76. The van der Waals surface area contributed by atoms with Crippen LogP contribution in [0.2, 0.25) is 0 Å². The lowest BCUT2D eigenvalue weighted by atomic mass is 10.2. The summed E-state index contributed by atoms with van der Waals surface area (Å²) < 4.78 is 7.27. The first-order valence-corrected chi connectivity index (χ1v) is 8.27. The summed E-state index contributed by atoms with van der Waals surface area (Å²) in [6, 6.07) is 7.28. The minimum atomic E-state index is -0.138. The van der Waals surface area contributed by atoms with Gasteiger partial charge in [-0.25, -0.2) is 4.98 Å². The average Bonchev–Trinajstić information content (AvgIpc) is 2.57. The van der Waals surface area contributed by atoms with Gasteiger partial charge in [-0.1, -0.05) is 25.1 Å². The Labute approximate surface area is 141 Å². The van der Waals surface area contributed by atoms with Crippen LogP contribution in [0.4, 0.5) is 0 Å². The van der Waals surface area contributed by atoms with Crippen molar-refractivity contribution < 1.29 is 4.74 Å². The van der Waals surface area contributed by atoms with Gasteiger partial charge in [0, 0.05) is 0 Å². The van der Waals surface area contributed by atoms with Gasteiger partial charge < -0.3 is 4.74 Å². The third kappa shape index (κ3) is 3.48. The fourth-order valence-electron chi connectivity index (χ4n) is 2.48. The van der Waals surface area contributed by atoms with Crippen LogP contribution in [0.5, 0.6) is 0 Å². The highest BCUT2D eigenvalue weighted by atomic mass is 35.5. The van der Waals surface area contributed by atoms with Crippen LogP contribution in [-0.4, -0.2) is 16.2 Å². The average molecular weight is 333 g/mol. The van der Waals surface area contributed by atoms with Crippen LogP contribution < -0.4 is 5.56 Å². The number of allylic oxidation sites excluding steroid dienone is 3. The van der Waals surface area contributed by atoms with Crippen molar-refractivity contribution in [2.24, 2.45) is 0 Å². The molecule has 0 bridgehead atoms. The van der Waals surface area contributed by atoms with Crippen molar-refractivity contribution in [3.8, 4) is 0 Å². The molecule has 0 atom stereocenters. The second-order valence-electron chi connectivity index (χ2n) is 4.90. The number of ether oxygens (including phenoxy) is 1. The van der Waals surface area contributed by atoms with Gasteiger partial charge in [0.05, 0.1) is 29.1 Å². The Morgan fingerprint density at radius 2 is 2.09 bits per heavy atom. The molecule has 2 aromatic rings. The van der Waals surface area contributed by atoms with Gasteiger partial charge in [-0.2, -0.15) is 0 Å². The maximum absolute atomic E-state index is 13.0. The van der Waals surface area contributed by atoms with E-state index in [0.717, 1.165) is 6.42 Å². The zero-order valence-electron chi connectivity index (χ0n) is 13.7. The molecule has 2 rings (SSSR count). The van der Waals surface area contributed by atoms with Crippen LogP contribution in [0.25, 0.3) is 16.6 Å². The Kier molecular flexibility index (Phi) is 5.99. The minimum Gasteiger partial charge on any atom is -0.492 e. The molecule has 23 heavy (non-hydrogen) atoms. The number of halogens is 1. The number of hydrogen-bond acceptors (Lipinski definition) is 3. The normalized spacial score (nSPS) is 12.7. The van der Waals surface area contributed by atoms with E-state index in [1.807, 2.05) is 51.1 Å². The second-order valence-corrected chi connectivity index (χ2v) is 5.17. The van der Waals surface area contributed by atoms with Crippen molar-refractivity contribution >= 4 is 28.2 Å². The topological polar surface area (TPSA) is 44.1 Å². The van der Waals surface area contributed by atoms with Crippen molar-refractivity contribution in [3.05, 3.63) is 58.4 Å². The lowest BCUT2D eigenvalue weighted by Crippen LogP contribution is -2.25. The molecule has 0 fully saturated rings. The third-order valence-electron chi connectivity index (χ3n) is 3.42. The fourth-order valence-corrected chi connectivity index (χ4v) is 2.66. The molecule has 5 heteroatoms. The van der Waals surface area contributed by atoms with Crippen LogP contribution in [0.15, 0.2) is 47.0 Å². The Hall–Kier alpha value is -2.07. The SMILES string of the molecule is C/C=C(\C(=C/CC)OCC)n1c(CCl)nc2ccccc2c1=O. The van der Waals surface area contributed by atoms with E-state index in [4.69, 9.17) is 16.3 Å². The van der Waals surface area contributed by atoms with Crippen LogP contribution in [0.3, 0.4) is 0 Å². The number of hydrogen-bond donors (Lipinski definition) is 0. The van der Waals surface area contributed by atoms with Crippen LogP contribution >= 0.6 is 11.6 Å². The van der Waals surface area contributed by atoms with E-state index in [-0.39, 0.29) is 11.4 Å². The van der Waals surface area contributed by atoms with Gasteiger partial charge in [0.1, 0.15) is 11.6 Å². The molecule has 0 N–H and O–H groups in total. The molecule has 0 aliphatic heterocycles. The van der Waals surface area contributed by atoms with Crippen LogP contribution in [0.1, 0.15) is 33.0 Å². The quantitative estimate of drug-likeness (QED) is 0.449. The molecule has 0 aliphatic rings. The first-order chi connectivity index (χ1) is 11.2. The van der Waals surface area contributed by atoms with E-state index in [2.05, 4.69) is 4.98 Å². The summed E-state index contributed by atoms with van der Waals surface area (Å²) in [5.74, 6) is 1.32. The molecule has 0 unspecified atom stereocenters. The first-order valence-electron chi connectivity index (χ1n) is 7.74. The molecule has 122 valence electrons. The minimum absolute atomic E-state index is 0.138. The van der Waals surface area contributed by atoms with Gasteiger partial charge in [0.15, 0.2) is 0 Å². The molecule has 4 nitrogen and oxygen atoms in total. The van der Waals surface area contributed by atoms with Gasteiger partial charge >= 0.3 is 0 Å². The number of alkyl halides is 1. The monoisotopic (exact) mass is 332 g/mol. The predicted molar refractivity (Wildman–Crippen MR) is 95.5 cm³/mol. The Morgan fingerprint density at radius 3 is 2.70 bits per heavy atom. The molecule has 0 aliphatic carbocycles. The summed E-state index contributed by atoms with van der Waals surface area (Å²) in [6.07, 6.45) is 4.61. The highest BCUT2D eigenvalue weighted by molar-refractivity contribution is 6.16. The van der Waals surface area contributed by atoms with E-state index in [1.54, 1.807) is 10.6 Å². The molecule has 0 spiro atoms. The molecular weight excluding hydrogens is 312 g/mol. The van der Waals surface area contributed by atoms with Crippen molar-refractivity contribution in [3.63, 3.8) is 0 Å². The van der Waals surface area contributed by atoms with E-state index >= 15 is 0 Å². The molecule has 1 aromatic carbocycles. The standard InChI is InChI=1S/C18H21ClN2O2/c1-4-9-16(23-6-3)15(5-2)21-17(12-19)20-14-11-8-7-10-13(14)18(21)22/h5,7-11H,4,6,12H2,1-3H3/b15-5+,16-9+. The molecule has 0 saturated heterocycles. The predicted octanol–water partition coefficient (Wildman–Crippen LogP) is 4.33. The second kappa shape index (κ2) is 7.97. The number of benzene rings is 1. The Bertz CT molecular complexity index is 806. The summed E-state index contributed by atoms with van der Waals surface area (Å²) in [4.78, 5) is 17.5. The first kappa shape index (κ1) is 17.3. The van der Waals surface area contributed by atoms with Crippen molar-refractivity contribution in [2.45, 2.75) is 33.1 Å². The van der Waals surface area contributed by atoms with Gasteiger partial charge in [-0.3, -0.25) is 9.36 Å². The smallest absolute Gasteiger partial charge is 0.266 e. The molecular formula is C18H21ClN2O2. The summed E-state index contributed by atoms with van der Waals surface area (Å²) in [7, 11) is 0. The number of rotatable bonds is 6. The van der Waals surface area contributed by atoms with Crippen LogP contribution in [-0.2, 0) is 10.6 Å². The fraction of sp³-hybridized carbons (Fsp3) is 0.333. The lowest BCUT2D eigenvalue weighted by molar-refractivity contribution is 0.242. The molecule has 0 amide bonds. The molecule has 0 radical (unpaired) electrons. The van der Waals surface area contributed by atoms with E-state index in [0.29, 0.717) is 34.8 Å². The zero-order chi connectivity index (χ0) is 16.8. The summed E-state index contributed by atoms with van der Waals surface area (Å²) in [5.41, 5.74) is 1.19. The van der Waals surface area contributed by atoms with Crippen molar-refractivity contribution in [2.75, 3.05) is 6.61 Å². The van der Waals surface area contributed by atoms with E-state index in [9.17, 15) is 4.79 Å². The molecule has 1 heterocycles. The lowest BCUT2D eigenvalue weighted by Gasteiger charge is -2.18. The van der Waals surface area contributed by atoms with Crippen LogP contribution in [0, 0.1) is 0 Å². The Morgan fingerprint density at radius 1 is 1.35 bits per heavy atom. The summed E-state index contributed by atoms with van der Waals surface area (Å²) >= 11 is 6.05. The van der Waals surface area contributed by atoms with Gasteiger partial charge in [0.2, 0.25) is 0 Å². The summed E-state index contributed by atoms with van der Waals surface area (Å²) in [6.45, 7) is 6.34. The highest BCUT2D eigenvalue weighted by Gasteiger charge is 2.16. The molecule has 0 saturated carbocycles. The van der Waals surface area contributed by atoms with Crippen molar-refractivity contribution in [1.82, 2.24) is 9.55 Å². The van der Waals surface area contributed by atoms with Gasteiger partial charge in [-0.05, 0) is 38.5 Å². The summed E-state index contributed by atoms with van der Waals surface area (Å²) in [5, 5.41) is 0.563. The number of aromatic nitrogens is 2. The van der Waals surface area contributed by atoms with Crippen molar-refractivity contribution in [1.29, 1.82) is 0 Å². The van der Waals surface area contributed by atoms with E-state index in [1.165, 1.54) is 0 Å². The van der Waals surface area contributed by atoms with E-state index < -0.39 is 0 Å². The number of para-hydroxylation sites is 1. The van der Waals surface area contributed by atoms with Gasteiger partial charge in [0.25, 0.3) is 5.56 Å². The maximum Gasteiger partial charge on any atom is 0.266 e. The highest BCUT2D eigenvalue weighted by Crippen LogP contribution is 2.21. The number of fused-ring (bicyclic) bond motifs is 1. The largest absolute Gasteiger partial charge is 0.492 e.